The molecular weight excluding hydrogens is 352 g/mol. The second-order valence-corrected chi connectivity index (χ2v) is 7.77. The second-order valence-electron chi connectivity index (χ2n) is 7.34. The van der Waals surface area contributed by atoms with Crippen LogP contribution >= 0.6 is 11.6 Å². The molecule has 138 valence electrons. The molecule has 1 fully saturated rings. The molecule has 1 aliphatic heterocycles. The molecule has 0 bridgehead atoms. The number of amides is 1. The number of piperidine rings is 1. The van der Waals surface area contributed by atoms with Crippen LogP contribution in [0.1, 0.15) is 38.5 Å². The van der Waals surface area contributed by atoms with Crippen LogP contribution in [-0.4, -0.2) is 52.9 Å². The maximum atomic E-state index is 12.4. The average molecular weight is 375 g/mol. The van der Waals surface area contributed by atoms with Gasteiger partial charge in [0.2, 0.25) is 5.91 Å². The minimum Gasteiger partial charge on any atom is -0.440 e. The third-order valence-electron chi connectivity index (χ3n) is 5.15. The Morgan fingerprint density at radius 3 is 2.81 bits per heavy atom. The van der Waals surface area contributed by atoms with Gasteiger partial charge in [0.1, 0.15) is 11.1 Å². The van der Waals surface area contributed by atoms with Gasteiger partial charge in [-0.1, -0.05) is 11.6 Å². The summed E-state index contributed by atoms with van der Waals surface area (Å²) < 4.78 is 5.88. The van der Waals surface area contributed by atoms with E-state index < -0.39 is 5.54 Å². The van der Waals surface area contributed by atoms with Gasteiger partial charge < -0.3 is 9.32 Å². The number of nitriles is 1. The van der Waals surface area contributed by atoms with E-state index in [1.807, 2.05) is 12.1 Å². The van der Waals surface area contributed by atoms with Crippen molar-refractivity contribution < 1.29 is 9.21 Å². The van der Waals surface area contributed by atoms with Gasteiger partial charge in [-0.2, -0.15) is 5.26 Å². The number of carbonyl (C=O) groups is 1. The molecule has 0 unspecified atom stereocenters. The quantitative estimate of drug-likeness (QED) is 0.819. The zero-order valence-corrected chi connectivity index (χ0v) is 16.1. The lowest BCUT2D eigenvalue weighted by molar-refractivity contribution is -0.134. The molecule has 0 N–H and O–H groups in total. The molecule has 1 saturated heterocycles. The van der Waals surface area contributed by atoms with Crippen molar-refractivity contribution in [2.24, 2.45) is 0 Å². The van der Waals surface area contributed by atoms with Gasteiger partial charge in [0.25, 0.3) is 0 Å². The number of fused-ring (bicyclic) bond motifs is 1. The molecule has 3 rings (SSSR count). The largest absolute Gasteiger partial charge is 0.440 e. The normalized spacial score (nSPS) is 16.6. The number of likely N-dealkylation sites (tertiary alicyclic amines) is 1. The molecule has 26 heavy (non-hydrogen) atoms. The van der Waals surface area contributed by atoms with Gasteiger partial charge in [-0.3, -0.25) is 9.69 Å². The van der Waals surface area contributed by atoms with Gasteiger partial charge in [0.05, 0.1) is 12.6 Å². The fraction of sp³-hybridized carbons (Fsp3) is 0.526. The highest BCUT2D eigenvalue weighted by Gasteiger charge is 2.30. The maximum absolute atomic E-state index is 12.4. The molecule has 0 atom stereocenters. The summed E-state index contributed by atoms with van der Waals surface area (Å²) in [5.74, 6) is 0.961. The van der Waals surface area contributed by atoms with Crippen molar-refractivity contribution in [2.45, 2.75) is 38.1 Å². The zero-order chi connectivity index (χ0) is 18.9. The Morgan fingerprint density at radius 2 is 2.15 bits per heavy atom. The van der Waals surface area contributed by atoms with Gasteiger partial charge in [-0.25, -0.2) is 4.98 Å². The minimum atomic E-state index is -0.797. The SMILES string of the molecule is CN(C(=O)CN1CCC(c2nc3cc(Cl)ccc3o2)CC1)C(C)(C)C#N. The zero-order valence-electron chi connectivity index (χ0n) is 15.3. The van der Waals surface area contributed by atoms with Crippen LogP contribution in [0.5, 0.6) is 0 Å². The number of nitrogens with zero attached hydrogens (tertiary/aromatic N) is 4. The Labute approximate surface area is 158 Å². The molecule has 1 aliphatic rings. The lowest BCUT2D eigenvalue weighted by atomic mass is 9.96. The second kappa shape index (κ2) is 7.26. The van der Waals surface area contributed by atoms with E-state index in [0.29, 0.717) is 11.6 Å². The Balaban J connectivity index is 1.58. The highest BCUT2D eigenvalue weighted by molar-refractivity contribution is 6.31. The first-order chi connectivity index (χ1) is 12.3. The van der Waals surface area contributed by atoms with Crippen LogP contribution in [0.3, 0.4) is 0 Å². The van der Waals surface area contributed by atoms with Crippen LogP contribution in [0.25, 0.3) is 11.1 Å². The number of hydrogen-bond acceptors (Lipinski definition) is 5. The van der Waals surface area contributed by atoms with Crippen molar-refractivity contribution in [1.82, 2.24) is 14.8 Å². The lowest BCUT2D eigenvalue weighted by Crippen LogP contribution is -2.49. The number of benzene rings is 1. The van der Waals surface area contributed by atoms with Gasteiger partial charge in [0, 0.05) is 18.0 Å². The van der Waals surface area contributed by atoms with E-state index in [-0.39, 0.29) is 11.8 Å². The first-order valence-corrected chi connectivity index (χ1v) is 9.14. The molecule has 1 aromatic carbocycles. The summed E-state index contributed by atoms with van der Waals surface area (Å²) >= 11 is 6.00. The van der Waals surface area contributed by atoms with Crippen LogP contribution in [0.2, 0.25) is 5.02 Å². The van der Waals surface area contributed by atoms with Crippen LogP contribution in [0.15, 0.2) is 22.6 Å². The third kappa shape index (κ3) is 3.84. The molecule has 0 saturated carbocycles. The lowest BCUT2D eigenvalue weighted by Gasteiger charge is -2.34. The number of hydrogen-bond donors (Lipinski definition) is 0. The van der Waals surface area contributed by atoms with Gasteiger partial charge in [-0.15, -0.1) is 0 Å². The van der Waals surface area contributed by atoms with E-state index >= 15 is 0 Å². The van der Waals surface area contributed by atoms with Crippen molar-refractivity contribution in [1.29, 1.82) is 5.26 Å². The van der Waals surface area contributed by atoms with Gasteiger partial charge >= 0.3 is 0 Å². The van der Waals surface area contributed by atoms with Crippen LogP contribution in [0.4, 0.5) is 0 Å². The van der Waals surface area contributed by atoms with Crippen molar-refractivity contribution in [3.8, 4) is 6.07 Å². The maximum Gasteiger partial charge on any atom is 0.237 e. The molecule has 0 spiro atoms. The number of rotatable bonds is 4. The molecule has 0 radical (unpaired) electrons. The number of halogens is 1. The highest BCUT2D eigenvalue weighted by Crippen LogP contribution is 2.30. The molecule has 1 aromatic heterocycles. The van der Waals surface area contributed by atoms with Crippen LogP contribution in [0, 0.1) is 11.3 Å². The highest BCUT2D eigenvalue weighted by atomic mass is 35.5. The third-order valence-corrected chi connectivity index (χ3v) is 5.38. The van der Waals surface area contributed by atoms with E-state index in [4.69, 9.17) is 16.0 Å². The molecular formula is C19H23ClN4O2. The molecule has 2 aromatic rings. The van der Waals surface area contributed by atoms with E-state index in [0.717, 1.165) is 42.9 Å². The molecule has 6 nitrogen and oxygen atoms in total. The fourth-order valence-corrected chi connectivity index (χ4v) is 3.28. The average Bonchev–Trinajstić information content (AvgIpc) is 3.04. The summed E-state index contributed by atoms with van der Waals surface area (Å²) in [7, 11) is 1.68. The van der Waals surface area contributed by atoms with Crippen LogP contribution in [-0.2, 0) is 4.79 Å². The van der Waals surface area contributed by atoms with E-state index in [1.165, 1.54) is 4.90 Å². The standard InChI is InChI=1S/C19H23ClN4O2/c1-19(2,12-21)23(3)17(25)11-24-8-6-13(7-9-24)18-22-15-10-14(20)4-5-16(15)26-18/h4-5,10,13H,6-9,11H2,1-3H3. The Bertz CT molecular complexity index is 847. The van der Waals surface area contributed by atoms with Gasteiger partial charge in [-0.05, 0) is 58.0 Å². The summed E-state index contributed by atoms with van der Waals surface area (Å²) in [4.78, 5) is 20.6. The van der Waals surface area contributed by atoms with E-state index in [9.17, 15) is 10.1 Å². The minimum absolute atomic E-state index is 0.0356. The summed E-state index contributed by atoms with van der Waals surface area (Å²) in [6.45, 7) is 5.43. The Kier molecular flexibility index (Phi) is 5.22. The van der Waals surface area contributed by atoms with Crippen molar-refractivity contribution >= 4 is 28.6 Å². The van der Waals surface area contributed by atoms with Crippen molar-refractivity contribution in [3.05, 3.63) is 29.1 Å². The van der Waals surface area contributed by atoms with Crippen molar-refractivity contribution in [3.63, 3.8) is 0 Å². The Hall–Kier alpha value is -2.10. The first-order valence-electron chi connectivity index (χ1n) is 8.76. The predicted octanol–water partition coefficient (Wildman–Crippen LogP) is 3.42. The number of oxazole rings is 1. The number of likely N-dealkylation sites (N-methyl/N-ethyl adjacent to an activating group) is 1. The summed E-state index contributed by atoms with van der Waals surface area (Å²) in [6, 6.07) is 7.61. The summed E-state index contributed by atoms with van der Waals surface area (Å²) in [5.41, 5.74) is 0.738. The monoisotopic (exact) mass is 374 g/mol. The predicted molar refractivity (Wildman–Crippen MR) is 99.9 cm³/mol. The van der Waals surface area contributed by atoms with Crippen LogP contribution < -0.4 is 0 Å². The van der Waals surface area contributed by atoms with E-state index in [2.05, 4.69) is 16.0 Å². The fourth-order valence-electron chi connectivity index (χ4n) is 3.12. The van der Waals surface area contributed by atoms with Crippen molar-refractivity contribution in [2.75, 3.05) is 26.7 Å². The molecule has 7 heteroatoms. The number of aromatic nitrogens is 1. The molecule has 2 heterocycles. The summed E-state index contributed by atoms with van der Waals surface area (Å²) in [5, 5.41) is 9.82. The van der Waals surface area contributed by atoms with Gasteiger partial charge in [0.15, 0.2) is 11.5 Å². The number of carbonyl (C=O) groups excluding carboxylic acids is 1. The van der Waals surface area contributed by atoms with E-state index in [1.54, 1.807) is 27.0 Å². The smallest absolute Gasteiger partial charge is 0.237 e. The topological polar surface area (TPSA) is 73.4 Å². The Morgan fingerprint density at radius 1 is 1.46 bits per heavy atom. The molecule has 1 amide bonds. The first kappa shape index (κ1) is 18.7. The molecule has 0 aliphatic carbocycles. The summed E-state index contributed by atoms with van der Waals surface area (Å²) in [6.07, 6.45) is 1.78.